The molecule has 0 aromatic heterocycles. The van der Waals surface area contributed by atoms with Crippen molar-refractivity contribution >= 4 is 0 Å². The lowest BCUT2D eigenvalue weighted by Crippen LogP contribution is -2.51. The van der Waals surface area contributed by atoms with E-state index >= 15 is 0 Å². The number of benzene rings is 1. The van der Waals surface area contributed by atoms with Crippen LogP contribution in [0.2, 0.25) is 0 Å². The number of aliphatic hydroxyl groups excluding tert-OH is 1. The molecular weight excluding hydrogens is 178 g/mol. The van der Waals surface area contributed by atoms with Crippen LogP contribution in [0.1, 0.15) is 24.0 Å². The molecule has 1 aromatic rings. The number of phenolic OH excluding ortho intramolecular Hbond substituents is 1. The Morgan fingerprint density at radius 2 is 2.07 bits per heavy atom. The van der Waals surface area contributed by atoms with Crippen LogP contribution in [-0.2, 0) is 5.54 Å². The first-order valence-corrected chi connectivity index (χ1v) is 4.78. The van der Waals surface area contributed by atoms with E-state index in [9.17, 15) is 10.2 Å². The second-order valence-electron chi connectivity index (χ2n) is 4.24. The highest BCUT2D eigenvalue weighted by molar-refractivity contribution is 5.42. The number of aryl methyl sites for hydroxylation is 1. The monoisotopic (exact) mass is 193 g/mol. The Morgan fingerprint density at radius 3 is 2.57 bits per heavy atom. The largest absolute Gasteiger partial charge is 0.508 e. The molecule has 2 rings (SSSR count). The lowest BCUT2D eigenvalue weighted by atomic mass is 9.70. The van der Waals surface area contributed by atoms with Gasteiger partial charge in [0, 0.05) is 11.1 Å². The molecule has 14 heavy (non-hydrogen) atoms. The molecule has 0 spiro atoms. The first-order valence-electron chi connectivity index (χ1n) is 4.78. The van der Waals surface area contributed by atoms with Crippen LogP contribution in [0.15, 0.2) is 18.2 Å². The van der Waals surface area contributed by atoms with Gasteiger partial charge in [-0.2, -0.15) is 0 Å². The van der Waals surface area contributed by atoms with Gasteiger partial charge in [0.1, 0.15) is 5.75 Å². The SMILES string of the molecule is Cc1ccc(C2(N)CC(O)C2)c(O)c1. The fourth-order valence-corrected chi connectivity index (χ4v) is 2.06. The molecule has 0 heterocycles. The van der Waals surface area contributed by atoms with E-state index in [1.165, 1.54) is 0 Å². The number of hydrogen-bond donors (Lipinski definition) is 3. The zero-order valence-corrected chi connectivity index (χ0v) is 8.20. The first kappa shape index (κ1) is 9.49. The van der Waals surface area contributed by atoms with Gasteiger partial charge < -0.3 is 15.9 Å². The summed E-state index contributed by atoms with van der Waals surface area (Å²) < 4.78 is 0. The minimum Gasteiger partial charge on any atom is -0.508 e. The maximum Gasteiger partial charge on any atom is 0.120 e. The molecule has 3 nitrogen and oxygen atoms in total. The molecule has 0 aliphatic heterocycles. The third-order valence-electron chi connectivity index (χ3n) is 2.89. The predicted molar refractivity (Wildman–Crippen MR) is 54.0 cm³/mol. The van der Waals surface area contributed by atoms with Crippen LogP contribution in [0.4, 0.5) is 0 Å². The average Bonchev–Trinajstić information content (AvgIpc) is 2.00. The van der Waals surface area contributed by atoms with Crippen LogP contribution in [0.5, 0.6) is 5.75 Å². The summed E-state index contributed by atoms with van der Waals surface area (Å²) in [6.45, 7) is 1.92. The molecule has 0 atom stereocenters. The summed E-state index contributed by atoms with van der Waals surface area (Å²) in [4.78, 5) is 0. The van der Waals surface area contributed by atoms with Crippen molar-refractivity contribution in [2.24, 2.45) is 5.73 Å². The number of aromatic hydroxyl groups is 1. The zero-order valence-electron chi connectivity index (χ0n) is 8.20. The highest BCUT2D eigenvalue weighted by Crippen LogP contribution is 2.42. The molecule has 0 amide bonds. The minimum atomic E-state index is -0.531. The fourth-order valence-electron chi connectivity index (χ4n) is 2.06. The molecule has 1 fully saturated rings. The molecule has 0 bridgehead atoms. The summed E-state index contributed by atoms with van der Waals surface area (Å²) in [5, 5.41) is 18.9. The Morgan fingerprint density at radius 1 is 1.43 bits per heavy atom. The molecule has 1 aliphatic carbocycles. The Kier molecular flexibility index (Phi) is 2.01. The molecule has 1 saturated carbocycles. The third-order valence-corrected chi connectivity index (χ3v) is 2.89. The number of nitrogens with two attached hydrogens (primary N) is 1. The van der Waals surface area contributed by atoms with Crippen molar-refractivity contribution in [3.8, 4) is 5.75 Å². The van der Waals surface area contributed by atoms with Gasteiger partial charge in [-0.15, -0.1) is 0 Å². The Hall–Kier alpha value is -1.06. The highest BCUT2D eigenvalue weighted by atomic mass is 16.3. The van der Waals surface area contributed by atoms with Gasteiger partial charge in [0.2, 0.25) is 0 Å². The quantitative estimate of drug-likeness (QED) is 0.623. The number of phenols is 1. The van der Waals surface area contributed by atoms with Crippen LogP contribution in [-0.4, -0.2) is 16.3 Å². The third kappa shape index (κ3) is 1.38. The fraction of sp³-hybridized carbons (Fsp3) is 0.455. The molecule has 4 N–H and O–H groups in total. The predicted octanol–water partition coefficient (Wildman–Crippen LogP) is 1.01. The lowest BCUT2D eigenvalue weighted by molar-refractivity contribution is 0.0199. The van der Waals surface area contributed by atoms with E-state index in [-0.39, 0.29) is 11.9 Å². The van der Waals surface area contributed by atoms with Crippen LogP contribution in [0.25, 0.3) is 0 Å². The topological polar surface area (TPSA) is 66.5 Å². The average molecular weight is 193 g/mol. The molecule has 3 heteroatoms. The lowest BCUT2D eigenvalue weighted by Gasteiger charge is -2.42. The summed E-state index contributed by atoms with van der Waals surface area (Å²) in [5.74, 6) is 0.236. The summed E-state index contributed by atoms with van der Waals surface area (Å²) in [6.07, 6.45) is 0.744. The highest BCUT2D eigenvalue weighted by Gasteiger charge is 2.42. The van der Waals surface area contributed by atoms with E-state index in [1.807, 2.05) is 19.1 Å². The van der Waals surface area contributed by atoms with E-state index in [0.29, 0.717) is 12.8 Å². The van der Waals surface area contributed by atoms with Gasteiger partial charge >= 0.3 is 0 Å². The molecule has 0 saturated heterocycles. The van der Waals surface area contributed by atoms with E-state index in [0.717, 1.165) is 11.1 Å². The van der Waals surface area contributed by atoms with Crippen molar-refractivity contribution in [2.45, 2.75) is 31.4 Å². The minimum absolute atomic E-state index is 0.236. The maximum absolute atomic E-state index is 9.72. The second-order valence-corrected chi connectivity index (χ2v) is 4.24. The van der Waals surface area contributed by atoms with Crippen LogP contribution in [0.3, 0.4) is 0 Å². The molecule has 1 aromatic carbocycles. The maximum atomic E-state index is 9.72. The van der Waals surface area contributed by atoms with Gasteiger partial charge in [-0.3, -0.25) is 0 Å². The van der Waals surface area contributed by atoms with Gasteiger partial charge in [0.15, 0.2) is 0 Å². The normalized spacial score (nSPS) is 31.2. The van der Waals surface area contributed by atoms with E-state index < -0.39 is 5.54 Å². The van der Waals surface area contributed by atoms with Crippen molar-refractivity contribution in [3.05, 3.63) is 29.3 Å². The van der Waals surface area contributed by atoms with Gasteiger partial charge in [-0.25, -0.2) is 0 Å². The Balaban J connectivity index is 2.33. The van der Waals surface area contributed by atoms with Gasteiger partial charge in [-0.1, -0.05) is 12.1 Å². The van der Waals surface area contributed by atoms with E-state index in [4.69, 9.17) is 5.73 Å². The van der Waals surface area contributed by atoms with Crippen LogP contribution < -0.4 is 5.73 Å². The standard InChI is InChI=1S/C11H15NO2/c1-7-2-3-9(10(14)4-7)11(12)5-8(13)6-11/h2-4,8,13-14H,5-6,12H2,1H3. The van der Waals surface area contributed by atoms with Crippen molar-refractivity contribution in [3.63, 3.8) is 0 Å². The summed E-state index contributed by atoms with van der Waals surface area (Å²) >= 11 is 0. The van der Waals surface area contributed by atoms with Crippen molar-refractivity contribution in [2.75, 3.05) is 0 Å². The molecule has 0 radical (unpaired) electrons. The number of aliphatic hydroxyl groups is 1. The molecule has 0 unspecified atom stereocenters. The first-order chi connectivity index (χ1) is 6.51. The molecule has 76 valence electrons. The second kappa shape index (κ2) is 2.97. The Labute approximate surface area is 83.2 Å². The van der Waals surface area contributed by atoms with Crippen molar-refractivity contribution < 1.29 is 10.2 Å². The summed E-state index contributed by atoms with van der Waals surface area (Å²) in [7, 11) is 0. The van der Waals surface area contributed by atoms with Gasteiger partial charge in [-0.05, 0) is 31.4 Å². The number of rotatable bonds is 1. The zero-order chi connectivity index (χ0) is 10.3. The summed E-state index contributed by atoms with van der Waals surface area (Å²) in [5.41, 5.74) is 7.27. The van der Waals surface area contributed by atoms with Gasteiger partial charge in [0.05, 0.1) is 6.10 Å². The molecule has 1 aliphatic rings. The van der Waals surface area contributed by atoms with E-state index in [2.05, 4.69) is 0 Å². The van der Waals surface area contributed by atoms with Crippen LogP contribution >= 0.6 is 0 Å². The van der Waals surface area contributed by atoms with Crippen molar-refractivity contribution in [1.82, 2.24) is 0 Å². The molecular formula is C11H15NO2. The van der Waals surface area contributed by atoms with Gasteiger partial charge in [0.25, 0.3) is 0 Å². The van der Waals surface area contributed by atoms with Crippen LogP contribution in [0, 0.1) is 6.92 Å². The van der Waals surface area contributed by atoms with E-state index in [1.54, 1.807) is 6.07 Å². The number of hydrogen-bond acceptors (Lipinski definition) is 3. The summed E-state index contributed by atoms with van der Waals surface area (Å²) in [6, 6.07) is 5.47. The van der Waals surface area contributed by atoms with Crippen molar-refractivity contribution in [1.29, 1.82) is 0 Å². The Bertz CT molecular complexity index is 356. The smallest absolute Gasteiger partial charge is 0.120 e.